The Hall–Kier alpha value is -0.840. The largest absolute Gasteiger partial charge is 0.396 e. The van der Waals surface area contributed by atoms with Crippen LogP contribution in [0.5, 0.6) is 0 Å². The average molecular weight is 260 g/mol. The second kappa shape index (κ2) is 4.80. The summed E-state index contributed by atoms with van der Waals surface area (Å²) in [5, 5.41) is 12.8. The maximum absolute atomic E-state index is 13.4. The van der Waals surface area contributed by atoms with Crippen LogP contribution in [0.4, 0.5) is 10.1 Å². The van der Waals surface area contributed by atoms with Crippen LogP contribution in [0.3, 0.4) is 0 Å². The molecule has 0 bridgehead atoms. The topological polar surface area (TPSA) is 41.5 Å². The molecule has 1 saturated heterocycles. The molecule has 1 aliphatic heterocycles. The van der Waals surface area contributed by atoms with E-state index in [9.17, 15) is 9.50 Å². The summed E-state index contributed by atoms with van der Waals surface area (Å²) in [7, 11) is 0. The highest BCUT2D eigenvalue weighted by Gasteiger charge is 2.37. The van der Waals surface area contributed by atoms with Gasteiger partial charge in [0.1, 0.15) is 5.82 Å². The van der Waals surface area contributed by atoms with Crippen LogP contribution in [0, 0.1) is 18.2 Å². The van der Waals surface area contributed by atoms with E-state index in [0.29, 0.717) is 36.0 Å². The summed E-state index contributed by atoms with van der Waals surface area (Å²) < 4.78 is 18.5. The maximum atomic E-state index is 13.4. The van der Waals surface area contributed by atoms with Crippen LogP contribution in [-0.4, -0.2) is 31.5 Å². The molecule has 2 N–H and O–H groups in total. The van der Waals surface area contributed by atoms with Crippen molar-refractivity contribution in [1.29, 1.82) is 0 Å². The lowest BCUT2D eigenvalue weighted by atomic mass is 9.87. The molecule has 1 aliphatic rings. The summed E-state index contributed by atoms with van der Waals surface area (Å²) in [6, 6.07) is 2.96. The van der Waals surface area contributed by atoms with E-state index in [4.69, 9.17) is 16.3 Å². The van der Waals surface area contributed by atoms with E-state index in [-0.39, 0.29) is 17.8 Å². The Morgan fingerprint density at radius 2 is 2.24 bits per heavy atom. The van der Waals surface area contributed by atoms with E-state index in [1.165, 1.54) is 6.07 Å². The normalized spacial score (nSPS) is 17.6. The Morgan fingerprint density at radius 1 is 1.53 bits per heavy atom. The van der Waals surface area contributed by atoms with E-state index < -0.39 is 0 Å². The van der Waals surface area contributed by atoms with Gasteiger partial charge in [-0.3, -0.25) is 0 Å². The Kier molecular flexibility index (Phi) is 3.56. The molecule has 1 fully saturated rings. The molecule has 0 saturated carbocycles. The number of anilines is 1. The van der Waals surface area contributed by atoms with E-state index in [2.05, 4.69) is 5.32 Å². The molecule has 0 aliphatic carbocycles. The molecule has 1 heterocycles. The molecule has 1 aromatic rings. The van der Waals surface area contributed by atoms with Crippen LogP contribution in [0.15, 0.2) is 12.1 Å². The van der Waals surface area contributed by atoms with Crippen molar-refractivity contribution >= 4 is 17.3 Å². The number of ether oxygens (including phenoxy) is 1. The molecular formula is C12H15ClFNO2. The van der Waals surface area contributed by atoms with E-state index in [0.717, 1.165) is 0 Å². The number of nitrogens with one attached hydrogen (secondary N) is 1. The number of halogens is 2. The summed E-state index contributed by atoms with van der Waals surface area (Å²) in [6.07, 6.45) is 0. The fourth-order valence-electron chi connectivity index (χ4n) is 1.70. The Bertz CT molecular complexity index is 416. The molecule has 2 rings (SSSR count). The van der Waals surface area contributed by atoms with Crippen LogP contribution < -0.4 is 5.32 Å². The number of benzene rings is 1. The molecule has 3 nitrogen and oxygen atoms in total. The molecule has 94 valence electrons. The van der Waals surface area contributed by atoms with E-state index in [1.807, 2.05) is 0 Å². The van der Waals surface area contributed by atoms with Gasteiger partial charge in [-0.25, -0.2) is 4.39 Å². The Morgan fingerprint density at radius 3 is 2.76 bits per heavy atom. The van der Waals surface area contributed by atoms with Crippen molar-refractivity contribution in [3.63, 3.8) is 0 Å². The third-order valence-electron chi connectivity index (χ3n) is 3.05. The quantitative estimate of drug-likeness (QED) is 0.871. The Labute approximate surface area is 105 Å². The highest BCUT2D eigenvalue weighted by Crippen LogP contribution is 2.30. The minimum absolute atomic E-state index is 0.0476. The second-order valence-corrected chi connectivity index (χ2v) is 4.99. The summed E-state index contributed by atoms with van der Waals surface area (Å²) in [6.45, 7) is 3.27. The predicted molar refractivity (Wildman–Crippen MR) is 65.0 cm³/mol. The van der Waals surface area contributed by atoms with E-state index in [1.54, 1.807) is 13.0 Å². The van der Waals surface area contributed by atoms with Gasteiger partial charge in [-0.15, -0.1) is 0 Å². The highest BCUT2D eigenvalue weighted by molar-refractivity contribution is 6.33. The standard InChI is InChI=1S/C12H15ClFNO2/c1-8-2-9(13)11(3-10(8)14)15-4-12(5-16)6-17-7-12/h2-3,15-16H,4-7H2,1H3. The van der Waals surface area contributed by atoms with Gasteiger partial charge < -0.3 is 15.2 Å². The minimum Gasteiger partial charge on any atom is -0.396 e. The molecule has 5 heteroatoms. The van der Waals surface area contributed by atoms with Gasteiger partial charge in [-0.05, 0) is 24.6 Å². The van der Waals surface area contributed by atoms with Crippen LogP contribution in [0.1, 0.15) is 5.56 Å². The SMILES string of the molecule is Cc1cc(Cl)c(NCC2(CO)COC2)cc1F. The molecule has 0 radical (unpaired) electrons. The molecule has 0 atom stereocenters. The van der Waals surface area contributed by atoms with Crippen molar-refractivity contribution in [2.75, 3.05) is 31.7 Å². The van der Waals surface area contributed by atoms with Crippen molar-refractivity contribution in [2.24, 2.45) is 5.41 Å². The summed E-state index contributed by atoms with van der Waals surface area (Å²) >= 11 is 6.01. The lowest BCUT2D eigenvalue weighted by Gasteiger charge is -2.40. The molecule has 17 heavy (non-hydrogen) atoms. The van der Waals surface area contributed by atoms with Gasteiger partial charge in [-0.1, -0.05) is 11.6 Å². The summed E-state index contributed by atoms with van der Waals surface area (Å²) in [5.74, 6) is -0.292. The first-order valence-electron chi connectivity index (χ1n) is 5.44. The fraction of sp³-hybridized carbons (Fsp3) is 0.500. The van der Waals surface area contributed by atoms with Crippen molar-refractivity contribution < 1.29 is 14.2 Å². The molecule has 0 unspecified atom stereocenters. The van der Waals surface area contributed by atoms with Gasteiger partial charge in [-0.2, -0.15) is 0 Å². The number of aliphatic hydroxyl groups is 1. The van der Waals surface area contributed by atoms with Crippen LogP contribution in [-0.2, 0) is 4.74 Å². The second-order valence-electron chi connectivity index (χ2n) is 4.59. The summed E-state index contributed by atoms with van der Waals surface area (Å²) in [4.78, 5) is 0. The van der Waals surface area contributed by atoms with Crippen LogP contribution in [0.25, 0.3) is 0 Å². The molecule has 1 aromatic carbocycles. The van der Waals surface area contributed by atoms with Gasteiger partial charge in [0.25, 0.3) is 0 Å². The lowest BCUT2D eigenvalue weighted by molar-refractivity contribution is -0.128. The lowest BCUT2D eigenvalue weighted by Crippen LogP contribution is -2.50. The van der Waals surface area contributed by atoms with Gasteiger partial charge in [0.05, 0.1) is 35.9 Å². The van der Waals surface area contributed by atoms with Gasteiger partial charge >= 0.3 is 0 Å². The van der Waals surface area contributed by atoms with Crippen molar-refractivity contribution in [3.8, 4) is 0 Å². The van der Waals surface area contributed by atoms with Gasteiger partial charge in [0, 0.05) is 6.54 Å². The Balaban J connectivity index is 2.06. The number of aryl methyl sites for hydroxylation is 1. The molecule has 0 aromatic heterocycles. The number of hydrogen-bond acceptors (Lipinski definition) is 3. The monoisotopic (exact) mass is 259 g/mol. The van der Waals surface area contributed by atoms with Crippen molar-refractivity contribution in [1.82, 2.24) is 0 Å². The number of hydrogen-bond donors (Lipinski definition) is 2. The van der Waals surface area contributed by atoms with Crippen molar-refractivity contribution in [2.45, 2.75) is 6.92 Å². The third-order valence-corrected chi connectivity index (χ3v) is 3.37. The fourth-order valence-corrected chi connectivity index (χ4v) is 1.99. The third kappa shape index (κ3) is 2.54. The zero-order valence-electron chi connectivity index (χ0n) is 9.59. The zero-order chi connectivity index (χ0) is 12.5. The maximum Gasteiger partial charge on any atom is 0.128 e. The molecule has 0 spiro atoms. The number of aliphatic hydroxyl groups excluding tert-OH is 1. The molecular weight excluding hydrogens is 245 g/mol. The number of rotatable bonds is 4. The summed E-state index contributed by atoms with van der Waals surface area (Å²) in [5.41, 5.74) is 0.809. The smallest absolute Gasteiger partial charge is 0.128 e. The first-order valence-corrected chi connectivity index (χ1v) is 5.82. The van der Waals surface area contributed by atoms with Gasteiger partial charge in [0.2, 0.25) is 0 Å². The first-order chi connectivity index (χ1) is 8.06. The average Bonchev–Trinajstić information content (AvgIpc) is 2.24. The minimum atomic E-state index is -0.292. The van der Waals surface area contributed by atoms with Crippen LogP contribution >= 0.6 is 11.6 Å². The van der Waals surface area contributed by atoms with E-state index >= 15 is 0 Å². The predicted octanol–water partition coefficient (Wildman–Crippen LogP) is 2.21. The first kappa shape index (κ1) is 12.6. The zero-order valence-corrected chi connectivity index (χ0v) is 10.4. The highest BCUT2D eigenvalue weighted by atomic mass is 35.5. The van der Waals surface area contributed by atoms with Crippen LogP contribution in [0.2, 0.25) is 5.02 Å². The van der Waals surface area contributed by atoms with Crippen molar-refractivity contribution in [3.05, 3.63) is 28.5 Å². The molecule has 0 amide bonds. The van der Waals surface area contributed by atoms with Gasteiger partial charge in [0.15, 0.2) is 0 Å².